The van der Waals surface area contributed by atoms with Crippen LogP contribution in [0.25, 0.3) is 0 Å². The van der Waals surface area contributed by atoms with E-state index in [1.165, 1.54) is 19.3 Å². The van der Waals surface area contributed by atoms with E-state index in [1.807, 2.05) is 13.8 Å². The number of nitrogens with one attached hydrogen (secondary N) is 1. The Balaban J connectivity index is 2.14. The summed E-state index contributed by atoms with van der Waals surface area (Å²) in [5, 5.41) is 3.23. The van der Waals surface area contributed by atoms with Crippen molar-refractivity contribution in [3.63, 3.8) is 0 Å². The van der Waals surface area contributed by atoms with Crippen LogP contribution in [0.3, 0.4) is 0 Å². The molecule has 0 aliphatic heterocycles. The highest BCUT2D eigenvalue weighted by Gasteiger charge is 2.31. The van der Waals surface area contributed by atoms with Crippen LogP contribution < -0.4 is 5.32 Å². The van der Waals surface area contributed by atoms with Gasteiger partial charge in [0.25, 0.3) is 0 Å². The van der Waals surface area contributed by atoms with Gasteiger partial charge in [0.05, 0.1) is 12.6 Å². The van der Waals surface area contributed by atoms with Crippen molar-refractivity contribution in [1.82, 2.24) is 5.32 Å². The van der Waals surface area contributed by atoms with Crippen molar-refractivity contribution >= 4 is 5.97 Å². The van der Waals surface area contributed by atoms with Crippen LogP contribution >= 0.6 is 0 Å². The third-order valence-electron chi connectivity index (χ3n) is 2.48. The van der Waals surface area contributed by atoms with Crippen LogP contribution in [0.15, 0.2) is 0 Å². The Kier molecular flexibility index (Phi) is 3.31. The molecule has 3 nitrogen and oxygen atoms in total. The first-order valence-electron chi connectivity index (χ1n) is 4.96. The van der Waals surface area contributed by atoms with Crippen molar-refractivity contribution in [1.29, 1.82) is 0 Å². The van der Waals surface area contributed by atoms with Crippen LogP contribution in [0, 0.1) is 0 Å². The van der Waals surface area contributed by atoms with E-state index >= 15 is 0 Å². The Labute approximate surface area is 79.8 Å². The van der Waals surface area contributed by atoms with Gasteiger partial charge in [0.1, 0.15) is 0 Å². The Bertz CT molecular complexity index is 185. The third kappa shape index (κ3) is 3.35. The van der Waals surface area contributed by atoms with Crippen molar-refractivity contribution in [2.24, 2.45) is 0 Å². The second kappa shape index (κ2) is 4.09. The molecule has 0 aromatic rings. The van der Waals surface area contributed by atoms with Gasteiger partial charge >= 0.3 is 5.97 Å². The van der Waals surface area contributed by atoms with Crippen LogP contribution in [0.5, 0.6) is 0 Å². The van der Waals surface area contributed by atoms with Gasteiger partial charge in [-0.15, -0.1) is 0 Å². The minimum Gasteiger partial charge on any atom is -0.462 e. The lowest BCUT2D eigenvalue weighted by atomic mass is 9.78. The SMILES string of the molecule is CC(C)OC(=O)CNC1(C)CCC1. The Hall–Kier alpha value is -0.570. The first-order chi connectivity index (χ1) is 6.02. The van der Waals surface area contributed by atoms with Crippen LogP contribution in [-0.2, 0) is 9.53 Å². The van der Waals surface area contributed by atoms with Gasteiger partial charge < -0.3 is 10.1 Å². The lowest BCUT2D eigenvalue weighted by Crippen LogP contribution is -2.50. The van der Waals surface area contributed by atoms with E-state index in [2.05, 4.69) is 12.2 Å². The van der Waals surface area contributed by atoms with Crippen LogP contribution in [-0.4, -0.2) is 24.2 Å². The van der Waals surface area contributed by atoms with E-state index in [-0.39, 0.29) is 17.6 Å². The number of carbonyl (C=O) groups excluding carboxylic acids is 1. The zero-order valence-electron chi connectivity index (χ0n) is 8.72. The molecule has 0 atom stereocenters. The molecule has 1 aliphatic rings. The summed E-state index contributed by atoms with van der Waals surface area (Å²) in [4.78, 5) is 11.2. The van der Waals surface area contributed by atoms with Gasteiger partial charge in [-0.3, -0.25) is 4.79 Å². The highest BCUT2D eigenvalue weighted by molar-refractivity contribution is 5.71. The average molecular weight is 185 g/mol. The molecule has 1 saturated carbocycles. The van der Waals surface area contributed by atoms with Gasteiger partial charge in [0.2, 0.25) is 0 Å². The molecule has 0 bridgehead atoms. The lowest BCUT2D eigenvalue weighted by molar-refractivity contribution is -0.146. The standard InChI is InChI=1S/C10H19NO2/c1-8(2)13-9(12)7-11-10(3)5-4-6-10/h8,11H,4-7H2,1-3H3. The number of esters is 1. The number of ether oxygens (including phenoxy) is 1. The van der Waals surface area contributed by atoms with Crippen LogP contribution in [0.1, 0.15) is 40.0 Å². The van der Waals surface area contributed by atoms with E-state index in [0.717, 1.165) is 0 Å². The van der Waals surface area contributed by atoms with Crippen LogP contribution in [0.2, 0.25) is 0 Å². The maximum Gasteiger partial charge on any atom is 0.320 e. The fourth-order valence-electron chi connectivity index (χ4n) is 1.47. The number of rotatable bonds is 4. The molecule has 0 aromatic heterocycles. The molecule has 0 radical (unpaired) electrons. The Morgan fingerprint density at radius 2 is 2.15 bits per heavy atom. The van der Waals surface area contributed by atoms with Crippen molar-refractivity contribution in [2.75, 3.05) is 6.54 Å². The zero-order chi connectivity index (χ0) is 9.90. The van der Waals surface area contributed by atoms with E-state index in [0.29, 0.717) is 6.54 Å². The lowest BCUT2D eigenvalue weighted by Gasteiger charge is -2.39. The number of carbonyl (C=O) groups is 1. The molecule has 0 saturated heterocycles. The monoisotopic (exact) mass is 185 g/mol. The van der Waals surface area contributed by atoms with Crippen molar-refractivity contribution in [3.05, 3.63) is 0 Å². The summed E-state index contributed by atoms with van der Waals surface area (Å²) in [5.74, 6) is -0.150. The molecule has 3 heteroatoms. The molecule has 1 fully saturated rings. The number of hydrogen-bond acceptors (Lipinski definition) is 3. The average Bonchev–Trinajstić information content (AvgIpc) is 1.96. The normalized spacial score (nSPS) is 19.7. The largest absolute Gasteiger partial charge is 0.462 e. The highest BCUT2D eigenvalue weighted by Crippen LogP contribution is 2.30. The smallest absolute Gasteiger partial charge is 0.320 e. The molecule has 13 heavy (non-hydrogen) atoms. The second-order valence-corrected chi connectivity index (χ2v) is 4.31. The summed E-state index contributed by atoms with van der Waals surface area (Å²) in [6.07, 6.45) is 3.59. The molecule has 0 spiro atoms. The quantitative estimate of drug-likeness (QED) is 0.674. The minimum absolute atomic E-state index is 0.0107. The summed E-state index contributed by atoms with van der Waals surface area (Å²) in [5.41, 5.74) is 0.190. The minimum atomic E-state index is -0.150. The van der Waals surface area contributed by atoms with Gasteiger partial charge in [-0.05, 0) is 40.0 Å². The topological polar surface area (TPSA) is 38.3 Å². The first-order valence-corrected chi connectivity index (χ1v) is 4.96. The van der Waals surface area contributed by atoms with Gasteiger partial charge in [0, 0.05) is 5.54 Å². The maximum absolute atomic E-state index is 11.2. The number of hydrogen-bond donors (Lipinski definition) is 1. The Morgan fingerprint density at radius 1 is 1.54 bits per heavy atom. The van der Waals surface area contributed by atoms with Crippen molar-refractivity contribution in [3.8, 4) is 0 Å². The molecule has 76 valence electrons. The maximum atomic E-state index is 11.2. The van der Waals surface area contributed by atoms with E-state index in [1.54, 1.807) is 0 Å². The predicted molar refractivity (Wildman–Crippen MR) is 51.5 cm³/mol. The summed E-state index contributed by atoms with van der Waals surface area (Å²) >= 11 is 0. The summed E-state index contributed by atoms with van der Waals surface area (Å²) in [6, 6.07) is 0. The molecule has 1 rings (SSSR count). The van der Waals surface area contributed by atoms with E-state index in [9.17, 15) is 4.79 Å². The fraction of sp³-hybridized carbons (Fsp3) is 0.900. The molecule has 0 aromatic carbocycles. The second-order valence-electron chi connectivity index (χ2n) is 4.31. The fourth-order valence-corrected chi connectivity index (χ4v) is 1.47. The summed E-state index contributed by atoms with van der Waals surface area (Å²) in [7, 11) is 0. The molecule has 0 heterocycles. The molecule has 0 unspecified atom stereocenters. The zero-order valence-corrected chi connectivity index (χ0v) is 8.72. The van der Waals surface area contributed by atoms with Gasteiger partial charge in [0.15, 0.2) is 0 Å². The first kappa shape index (κ1) is 10.5. The van der Waals surface area contributed by atoms with Gasteiger partial charge in [-0.1, -0.05) is 0 Å². The summed E-state index contributed by atoms with van der Waals surface area (Å²) in [6.45, 7) is 6.22. The summed E-state index contributed by atoms with van der Waals surface area (Å²) < 4.78 is 5.01. The molecular weight excluding hydrogens is 166 g/mol. The van der Waals surface area contributed by atoms with Gasteiger partial charge in [-0.25, -0.2) is 0 Å². The predicted octanol–water partition coefficient (Wildman–Crippen LogP) is 1.47. The molecule has 1 aliphatic carbocycles. The molecule has 0 amide bonds. The molecule has 1 N–H and O–H groups in total. The third-order valence-corrected chi connectivity index (χ3v) is 2.48. The van der Waals surface area contributed by atoms with Crippen molar-refractivity contribution < 1.29 is 9.53 Å². The highest BCUT2D eigenvalue weighted by atomic mass is 16.5. The van der Waals surface area contributed by atoms with E-state index < -0.39 is 0 Å². The van der Waals surface area contributed by atoms with Crippen molar-refractivity contribution in [2.45, 2.75) is 51.7 Å². The Morgan fingerprint density at radius 3 is 2.54 bits per heavy atom. The van der Waals surface area contributed by atoms with E-state index in [4.69, 9.17) is 4.74 Å². The molecular formula is C10H19NO2. The van der Waals surface area contributed by atoms with Gasteiger partial charge in [-0.2, -0.15) is 0 Å². The van der Waals surface area contributed by atoms with Crippen LogP contribution in [0.4, 0.5) is 0 Å².